The normalized spacial score (nSPS) is 18.8. The van der Waals surface area contributed by atoms with Gasteiger partial charge in [-0.15, -0.1) is 0 Å². The van der Waals surface area contributed by atoms with E-state index in [-0.39, 0.29) is 30.9 Å². The van der Waals surface area contributed by atoms with Gasteiger partial charge >= 0.3 is 6.61 Å². The van der Waals surface area contributed by atoms with Crippen LogP contribution in [-0.2, 0) is 9.53 Å². The number of benzene rings is 1. The number of para-hydroxylation sites is 1. The Labute approximate surface area is 153 Å². The van der Waals surface area contributed by atoms with E-state index in [0.29, 0.717) is 23.2 Å². The smallest absolute Gasteiger partial charge is 0.345 e. The number of carbonyl (C=O) groups is 1. The standard InChI is InChI=1S/C18H16F2N4O3/c19-18(20)26-7-6-24(14-2-1-3-15-16(14)23-10-27-15)17(25)12-8-11(12)13-4-5-21-9-22-13/h1-5,9-12,18H,6-8H2/t11-,12?/m1/s1. The van der Waals surface area contributed by atoms with Crippen molar-refractivity contribution >= 4 is 22.7 Å². The summed E-state index contributed by atoms with van der Waals surface area (Å²) < 4.78 is 34.4. The average Bonchev–Trinajstić information content (AvgIpc) is 3.34. The Balaban J connectivity index is 1.58. The summed E-state index contributed by atoms with van der Waals surface area (Å²) in [7, 11) is 0. The first-order chi connectivity index (χ1) is 13.1. The quantitative estimate of drug-likeness (QED) is 0.632. The third kappa shape index (κ3) is 3.63. The van der Waals surface area contributed by atoms with Gasteiger partial charge in [0.2, 0.25) is 5.91 Å². The van der Waals surface area contributed by atoms with Crippen molar-refractivity contribution in [1.29, 1.82) is 0 Å². The Bertz CT molecular complexity index is 935. The Morgan fingerprint density at radius 3 is 3.00 bits per heavy atom. The van der Waals surface area contributed by atoms with Crippen molar-refractivity contribution in [2.24, 2.45) is 5.92 Å². The first kappa shape index (κ1) is 17.5. The highest BCUT2D eigenvalue weighted by molar-refractivity contribution is 6.03. The molecular formula is C18H16F2N4O3. The lowest BCUT2D eigenvalue weighted by atomic mass is 10.2. The van der Waals surface area contributed by atoms with Gasteiger partial charge in [0.15, 0.2) is 12.0 Å². The molecule has 0 radical (unpaired) electrons. The van der Waals surface area contributed by atoms with Gasteiger partial charge in [-0.1, -0.05) is 6.07 Å². The Kier molecular flexibility index (Phi) is 4.76. The lowest BCUT2D eigenvalue weighted by molar-refractivity contribution is -0.130. The zero-order valence-corrected chi connectivity index (χ0v) is 14.2. The number of aromatic nitrogens is 3. The average molecular weight is 374 g/mol. The van der Waals surface area contributed by atoms with Crippen molar-refractivity contribution in [2.45, 2.75) is 19.0 Å². The van der Waals surface area contributed by atoms with Gasteiger partial charge in [-0.3, -0.25) is 4.79 Å². The molecule has 0 spiro atoms. The predicted octanol–water partition coefficient (Wildman–Crippen LogP) is 2.99. The summed E-state index contributed by atoms with van der Waals surface area (Å²) in [5.41, 5.74) is 2.33. The number of carbonyl (C=O) groups excluding carboxylic acids is 1. The molecule has 1 fully saturated rings. The third-order valence-electron chi connectivity index (χ3n) is 4.55. The van der Waals surface area contributed by atoms with Crippen molar-refractivity contribution < 1.29 is 22.7 Å². The maximum absolute atomic E-state index is 13.1. The van der Waals surface area contributed by atoms with E-state index in [1.165, 1.54) is 17.6 Å². The van der Waals surface area contributed by atoms with E-state index in [2.05, 4.69) is 19.7 Å². The van der Waals surface area contributed by atoms with Crippen LogP contribution < -0.4 is 4.90 Å². The van der Waals surface area contributed by atoms with Gasteiger partial charge in [-0.25, -0.2) is 15.0 Å². The number of hydrogen-bond acceptors (Lipinski definition) is 6. The molecule has 1 saturated carbocycles. The molecule has 0 aliphatic heterocycles. The highest BCUT2D eigenvalue weighted by atomic mass is 19.3. The van der Waals surface area contributed by atoms with E-state index in [1.54, 1.807) is 30.5 Å². The van der Waals surface area contributed by atoms with E-state index in [9.17, 15) is 13.6 Å². The molecule has 1 amide bonds. The van der Waals surface area contributed by atoms with Crippen LogP contribution in [0.3, 0.4) is 0 Å². The molecule has 0 bridgehead atoms. The minimum absolute atomic E-state index is 0.00414. The number of amides is 1. The van der Waals surface area contributed by atoms with Gasteiger partial charge in [0.1, 0.15) is 11.8 Å². The first-order valence-electron chi connectivity index (χ1n) is 8.44. The fourth-order valence-corrected chi connectivity index (χ4v) is 3.19. The summed E-state index contributed by atoms with van der Waals surface area (Å²) in [5, 5.41) is 0. The molecule has 4 rings (SSSR count). The van der Waals surface area contributed by atoms with Gasteiger partial charge < -0.3 is 14.1 Å². The van der Waals surface area contributed by atoms with Gasteiger partial charge in [0.25, 0.3) is 0 Å². The molecule has 9 heteroatoms. The fourth-order valence-electron chi connectivity index (χ4n) is 3.19. The van der Waals surface area contributed by atoms with Gasteiger partial charge in [0.05, 0.1) is 12.3 Å². The van der Waals surface area contributed by atoms with Crippen LogP contribution in [0.25, 0.3) is 11.1 Å². The maximum Gasteiger partial charge on any atom is 0.345 e. The van der Waals surface area contributed by atoms with Gasteiger partial charge in [-0.05, 0) is 24.6 Å². The Morgan fingerprint density at radius 2 is 2.22 bits per heavy atom. The molecule has 1 aromatic carbocycles. The summed E-state index contributed by atoms with van der Waals surface area (Å²) in [5.74, 6) is -0.448. The van der Waals surface area contributed by atoms with Crippen LogP contribution in [0, 0.1) is 5.92 Å². The number of alkyl halides is 2. The number of rotatable bonds is 7. The number of oxazole rings is 1. The second-order valence-electron chi connectivity index (χ2n) is 6.18. The summed E-state index contributed by atoms with van der Waals surface area (Å²) in [4.78, 5) is 26.8. The molecule has 0 saturated heterocycles. The fraction of sp³-hybridized carbons (Fsp3) is 0.333. The molecule has 140 valence electrons. The zero-order valence-electron chi connectivity index (χ0n) is 14.2. The summed E-state index contributed by atoms with van der Waals surface area (Å²) in [6, 6.07) is 6.95. The van der Waals surface area contributed by atoms with E-state index in [1.807, 2.05) is 0 Å². The van der Waals surface area contributed by atoms with Crippen LogP contribution in [-0.4, -0.2) is 40.6 Å². The first-order valence-corrected chi connectivity index (χ1v) is 8.44. The second kappa shape index (κ2) is 7.36. The molecule has 0 N–H and O–H groups in total. The molecule has 2 heterocycles. The minimum atomic E-state index is -2.89. The van der Waals surface area contributed by atoms with E-state index in [4.69, 9.17) is 4.42 Å². The molecule has 1 aliphatic carbocycles. The maximum atomic E-state index is 13.1. The van der Waals surface area contributed by atoms with Crippen molar-refractivity contribution in [2.75, 3.05) is 18.1 Å². The molecule has 3 aromatic rings. The topological polar surface area (TPSA) is 81.4 Å². The Morgan fingerprint density at radius 1 is 1.33 bits per heavy atom. The number of anilines is 1. The number of fused-ring (bicyclic) bond motifs is 1. The van der Waals surface area contributed by atoms with Crippen molar-refractivity contribution in [3.05, 3.63) is 48.9 Å². The number of nitrogens with zero attached hydrogens (tertiary/aromatic N) is 4. The van der Waals surface area contributed by atoms with Crippen LogP contribution in [0.15, 0.2) is 47.6 Å². The van der Waals surface area contributed by atoms with Crippen molar-refractivity contribution in [3.63, 3.8) is 0 Å². The molecule has 2 atom stereocenters. The van der Waals surface area contributed by atoms with Crippen molar-refractivity contribution in [3.8, 4) is 0 Å². The molecule has 1 aliphatic rings. The van der Waals surface area contributed by atoms with E-state index in [0.717, 1.165) is 5.69 Å². The van der Waals surface area contributed by atoms with E-state index < -0.39 is 6.61 Å². The SMILES string of the molecule is O=C(C1C[C@H]1c1ccncn1)N(CCOC(F)F)c1cccc2ocnc12. The predicted molar refractivity (Wildman–Crippen MR) is 91.2 cm³/mol. The van der Waals surface area contributed by atoms with E-state index >= 15 is 0 Å². The van der Waals surface area contributed by atoms with Crippen molar-refractivity contribution in [1.82, 2.24) is 15.0 Å². The summed E-state index contributed by atoms with van der Waals surface area (Å²) in [6.45, 7) is -3.19. The van der Waals surface area contributed by atoms with Gasteiger partial charge in [-0.2, -0.15) is 8.78 Å². The van der Waals surface area contributed by atoms with Crippen LogP contribution in [0.4, 0.5) is 14.5 Å². The van der Waals surface area contributed by atoms with Crippen LogP contribution in [0.2, 0.25) is 0 Å². The summed E-state index contributed by atoms with van der Waals surface area (Å²) >= 11 is 0. The molecule has 1 unspecified atom stereocenters. The highest BCUT2D eigenvalue weighted by Gasteiger charge is 2.47. The number of halogens is 2. The molecule has 27 heavy (non-hydrogen) atoms. The monoisotopic (exact) mass is 374 g/mol. The Hall–Kier alpha value is -2.94. The molecule has 2 aromatic heterocycles. The zero-order chi connectivity index (χ0) is 18.8. The number of hydrogen-bond donors (Lipinski definition) is 0. The largest absolute Gasteiger partial charge is 0.443 e. The van der Waals surface area contributed by atoms with Crippen LogP contribution in [0.1, 0.15) is 18.0 Å². The summed E-state index contributed by atoms with van der Waals surface area (Å²) in [6.07, 6.45) is 5.01. The lowest BCUT2D eigenvalue weighted by Gasteiger charge is -2.23. The molecular weight excluding hydrogens is 358 g/mol. The second-order valence-corrected chi connectivity index (χ2v) is 6.18. The number of ether oxygens (including phenoxy) is 1. The highest BCUT2D eigenvalue weighted by Crippen LogP contribution is 2.48. The lowest BCUT2D eigenvalue weighted by Crippen LogP contribution is -2.36. The van der Waals surface area contributed by atoms with Crippen LogP contribution >= 0.6 is 0 Å². The van der Waals surface area contributed by atoms with Crippen LogP contribution in [0.5, 0.6) is 0 Å². The third-order valence-corrected chi connectivity index (χ3v) is 4.55. The van der Waals surface area contributed by atoms with Gasteiger partial charge in [0, 0.05) is 30.3 Å². The minimum Gasteiger partial charge on any atom is -0.443 e. The molecule has 7 nitrogen and oxygen atoms in total.